The van der Waals surface area contributed by atoms with E-state index < -0.39 is 17.5 Å². The fraction of sp³-hybridized carbons (Fsp3) is 0.429. The first kappa shape index (κ1) is 24.1. The Morgan fingerprint density at radius 1 is 1.11 bits per heavy atom. The number of nitrogens with zero attached hydrogens (tertiary/aromatic N) is 1. The fourth-order valence-electron chi connectivity index (χ4n) is 6.15. The second-order valence-electron chi connectivity index (χ2n) is 10.7. The van der Waals surface area contributed by atoms with Crippen LogP contribution in [-0.2, 0) is 32.1 Å². The summed E-state index contributed by atoms with van der Waals surface area (Å²) in [5, 5.41) is 3.31. The molecule has 3 amide bonds. The van der Waals surface area contributed by atoms with E-state index in [9.17, 15) is 19.2 Å². The van der Waals surface area contributed by atoms with E-state index in [2.05, 4.69) is 17.5 Å². The Labute approximate surface area is 218 Å². The molecule has 9 heteroatoms. The monoisotopic (exact) mass is 520 g/mol. The molecule has 1 aromatic heterocycles. The molecule has 4 atom stereocenters. The number of allylic oxidation sites excluding steroid dienone is 2. The van der Waals surface area contributed by atoms with Crippen LogP contribution in [0.25, 0.3) is 0 Å². The number of rotatable bonds is 5. The summed E-state index contributed by atoms with van der Waals surface area (Å²) in [6.07, 6.45) is 5.54. The van der Waals surface area contributed by atoms with Crippen molar-refractivity contribution in [2.45, 2.75) is 45.8 Å². The van der Waals surface area contributed by atoms with Gasteiger partial charge in [0.1, 0.15) is 5.00 Å². The highest BCUT2D eigenvalue weighted by molar-refractivity contribution is 7.17. The summed E-state index contributed by atoms with van der Waals surface area (Å²) in [4.78, 5) is 54.3. The first-order chi connectivity index (χ1) is 17.7. The number of benzene rings is 1. The second-order valence-corrected chi connectivity index (χ2v) is 11.8. The molecule has 1 saturated carbocycles. The number of nitrogens with one attached hydrogen (secondary N) is 1. The Morgan fingerprint density at radius 2 is 1.76 bits per heavy atom. The SMILES string of the molecule is CCOC(=O)c1c(NC(=O)c2ccc(N3C(=O)[C@H]4[C@H](C3=O)[C@H]3C=C[C@H]4C3)cc2)sc2c1CC(C)(C)OC2. The number of fused-ring (bicyclic) bond motifs is 6. The van der Waals surface area contributed by atoms with Gasteiger partial charge in [-0.15, -0.1) is 11.3 Å². The van der Waals surface area contributed by atoms with E-state index in [0.29, 0.717) is 34.8 Å². The minimum atomic E-state index is -0.469. The first-order valence-electron chi connectivity index (χ1n) is 12.6. The van der Waals surface area contributed by atoms with Gasteiger partial charge in [-0.1, -0.05) is 12.2 Å². The van der Waals surface area contributed by atoms with Gasteiger partial charge < -0.3 is 14.8 Å². The highest BCUT2D eigenvalue weighted by Crippen LogP contribution is 2.53. The van der Waals surface area contributed by atoms with Crippen LogP contribution >= 0.6 is 11.3 Å². The third-order valence-corrected chi connectivity index (χ3v) is 8.97. The maximum atomic E-state index is 13.2. The van der Waals surface area contributed by atoms with Crippen LogP contribution in [-0.4, -0.2) is 35.9 Å². The van der Waals surface area contributed by atoms with Gasteiger partial charge in [0.15, 0.2) is 0 Å². The fourth-order valence-corrected chi connectivity index (χ4v) is 7.27. The molecule has 6 rings (SSSR count). The van der Waals surface area contributed by atoms with Gasteiger partial charge >= 0.3 is 5.97 Å². The van der Waals surface area contributed by atoms with Crippen LogP contribution in [0.3, 0.4) is 0 Å². The summed E-state index contributed by atoms with van der Waals surface area (Å²) >= 11 is 1.32. The number of carbonyl (C=O) groups excluding carboxylic acids is 4. The minimum Gasteiger partial charge on any atom is -0.462 e. The van der Waals surface area contributed by atoms with Crippen molar-refractivity contribution in [3.8, 4) is 0 Å². The summed E-state index contributed by atoms with van der Waals surface area (Å²) in [5.41, 5.74) is 1.63. The molecular weight excluding hydrogens is 492 g/mol. The summed E-state index contributed by atoms with van der Waals surface area (Å²) in [6, 6.07) is 6.44. The number of esters is 1. The van der Waals surface area contributed by atoms with Gasteiger partial charge in [-0.05, 0) is 68.9 Å². The number of amides is 3. The molecule has 37 heavy (non-hydrogen) atoms. The van der Waals surface area contributed by atoms with E-state index in [4.69, 9.17) is 9.47 Å². The standard InChI is InChI=1S/C28H28N2O6S/c1-4-35-27(34)22-18-12-28(2,3)36-13-19(18)37-24(22)29-23(31)14-7-9-17(10-8-14)30-25(32)20-15-5-6-16(11-15)21(20)26(30)33/h5-10,15-16,20-21H,4,11-13H2,1-3H3,(H,29,31)/t15-,16-,20+,21+/m0/s1. The van der Waals surface area contributed by atoms with E-state index in [1.165, 1.54) is 16.2 Å². The number of thiophene rings is 1. The van der Waals surface area contributed by atoms with Gasteiger partial charge in [0.05, 0.1) is 41.9 Å². The lowest BCUT2D eigenvalue weighted by Gasteiger charge is -2.30. The maximum absolute atomic E-state index is 13.2. The summed E-state index contributed by atoms with van der Waals surface area (Å²) in [7, 11) is 0. The minimum absolute atomic E-state index is 0.141. The zero-order valence-corrected chi connectivity index (χ0v) is 21.7. The van der Waals surface area contributed by atoms with E-state index >= 15 is 0 Å². The van der Waals surface area contributed by atoms with Gasteiger partial charge in [-0.3, -0.25) is 19.3 Å². The first-order valence-corrected chi connectivity index (χ1v) is 13.4. The van der Waals surface area contributed by atoms with E-state index in [1.54, 1.807) is 31.2 Å². The number of ether oxygens (including phenoxy) is 2. The average Bonchev–Trinajstić information content (AvgIpc) is 3.61. The molecule has 2 aliphatic carbocycles. The highest BCUT2D eigenvalue weighted by atomic mass is 32.1. The quantitative estimate of drug-likeness (QED) is 0.358. The Kier molecular flexibility index (Phi) is 5.61. The van der Waals surface area contributed by atoms with Crippen LogP contribution < -0.4 is 10.2 Å². The number of anilines is 2. The largest absolute Gasteiger partial charge is 0.462 e. The van der Waals surface area contributed by atoms with Crippen LogP contribution in [0.4, 0.5) is 10.7 Å². The Hall–Kier alpha value is -3.30. The molecule has 192 valence electrons. The molecule has 2 fully saturated rings. The third-order valence-electron chi connectivity index (χ3n) is 7.85. The van der Waals surface area contributed by atoms with E-state index in [0.717, 1.165) is 16.9 Å². The van der Waals surface area contributed by atoms with Gasteiger partial charge in [0.2, 0.25) is 11.8 Å². The van der Waals surface area contributed by atoms with Crippen LogP contribution in [0.5, 0.6) is 0 Å². The van der Waals surface area contributed by atoms with Crippen molar-refractivity contribution in [3.63, 3.8) is 0 Å². The maximum Gasteiger partial charge on any atom is 0.341 e. The van der Waals surface area contributed by atoms with Crippen LogP contribution in [0, 0.1) is 23.7 Å². The van der Waals surface area contributed by atoms with Gasteiger partial charge in [0.25, 0.3) is 5.91 Å². The average molecular weight is 521 g/mol. The lowest BCUT2D eigenvalue weighted by molar-refractivity contribution is -0.123. The third kappa shape index (κ3) is 3.83. The van der Waals surface area contributed by atoms with Crippen molar-refractivity contribution >= 4 is 45.7 Å². The summed E-state index contributed by atoms with van der Waals surface area (Å²) < 4.78 is 11.2. The highest BCUT2D eigenvalue weighted by Gasteiger charge is 2.59. The van der Waals surface area contributed by atoms with E-state index in [-0.39, 0.29) is 42.1 Å². The molecule has 0 unspecified atom stereocenters. The normalized spacial score (nSPS) is 26.8. The van der Waals surface area contributed by atoms with Crippen LogP contribution in [0.2, 0.25) is 0 Å². The van der Waals surface area contributed by atoms with Crippen molar-refractivity contribution in [2.75, 3.05) is 16.8 Å². The molecule has 1 N–H and O–H groups in total. The predicted molar refractivity (Wildman–Crippen MR) is 137 cm³/mol. The van der Waals surface area contributed by atoms with Crippen molar-refractivity contribution < 1.29 is 28.7 Å². The Bertz CT molecular complexity index is 1330. The molecule has 4 aliphatic rings. The molecule has 2 bridgehead atoms. The van der Waals surface area contributed by atoms with Gasteiger partial charge in [-0.2, -0.15) is 0 Å². The second kappa shape index (κ2) is 8.63. The van der Waals surface area contributed by atoms with Crippen molar-refractivity contribution in [2.24, 2.45) is 23.7 Å². The Morgan fingerprint density at radius 3 is 2.38 bits per heavy atom. The summed E-state index contributed by atoms with van der Waals surface area (Å²) in [6.45, 7) is 6.26. The van der Waals surface area contributed by atoms with Gasteiger partial charge in [-0.25, -0.2) is 4.79 Å². The van der Waals surface area contributed by atoms with Crippen LogP contribution in [0.15, 0.2) is 36.4 Å². The zero-order chi connectivity index (χ0) is 26.1. The lowest BCUT2D eigenvalue weighted by atomic mass is 9.85. The predicted octanol–water partition coefficient (Wildman–Crippen LogP) is 4.34. The molecule has 1 saturated heterocycles. The van der Waals surface area contributed by atoms with Crippen molar-refractivity contribution in [1.29, 1.82) is 0 Å². The molecule has 8 nitrogen and oxygen atoms in total. The summed E-state index contributed by atoms with van der Waals surface area (Å²) in [5.74, 6) is -1.44. The molecule has 0 radical (unpaired) electrons. The van der Waals surface area contributed by atoms with Crippen molar-refractivity contribution in [1.82, 2.24) is 0 Å². The number of imide groups is 1. The molecule has 0 spiro atoms. The Balaban J connectivity index is 1.23. The van der Waals surface area contributed by atoms with Gasteiger partial charge in [0, 0.05) is 16.9 Å². The molecular formula is C28H28N2O6S. The zero-order valence-electron chi connectivity index (χ0n) is 20.9. The number of hydrogen-bond donors (Lipinski definition) is 1. The number of carbonyl (C=O) groups is 4. The van der Waals surface area contributed by atoms with Crippen molar-refractivity contribution in [3.05, 3.63) is 58.0 Å². The molecule has 3 heterocycles. The van der Waals surface area contributed by atoms with E-state index in [1.807, 2.05) is 13.8 Å². The molecule has 2 aliphatic heterocycles. The molecule has 1 aromatic carbocycles. The van der Waals surface area contributed by atoms with Crippen LogP contribution in [0.1, 0.15) is 58.3 Å². The number of hydrogen-bond acceptors (Lipinski definition) is 7. The molecule has 2 aromatic rings. The lowest BCUT2D eigenvalue weighted by Crippen LogP contribution is -2.32. The topological polar surface area (TPSA) is 102 Å². The smallest absolute Gasteiger partial charge is 0.341 e.